The summed E-state index contributed by atoms with van der Waals surface area (Å²) in [6.45, 7) is 4.73. The fourth-order valence-electron chi connectivity index (χ4n) is 3.82. The average molecular weight is 362 g/mol. The maximum absolute atomic E-state index is 13.1. The summed E-state index contributed by atoms with van der Waals surface area (Å²) in [6, 6.07) is 5.56. The minimum Gasteiger partial charge on any atom is -0.497 e. The third-order valence-electron chi connectivity index (χ3n) is 5.63. The van der Waals surface area contributed by atoms with Crippen molar-refractivity contribution in [1.29, 1.82) is 0 Å². The number of benzene rings is 1. The molecule has 0 spiro atoms. The summed E-state index contributed by atoms with van der Waals surface area (Å²) in [5.74, 6) is 0.432. The van der Waals surface area contributed by atoms with Crippen molar-refractivity contribution in [2.45, 2.75) is 32.1 Å². The Kier molecular flexibility index (Phi) is 6.29. The number of carbonyl (C=O) groups is 2. The molecule has 6 nitrogen and oxygen atoms in total. The molecule has 1 heterocycles. The van der Waals surface area contributed by atoms with Crippen LogP contribution in [0.25, 0.3) is 0 Å². The van der Waals surface area contributed by atoms with Crippen molar-refractivity contribution in [3.05, 3.63) is 23.8 Å². The first kappa shape index (κ1) is 20.2. The van der Waals surface area contributed by atoms with E-state index >= 15 is 0 Å². The Bertz CT molecular complexity index is 652. The van der Waals surface area contributed by atoms with Crippen LogP contribution in [0.2, 0.25) is 0 Å². The number of ether oxygens (including phenoxy) is 2. The van der Waals surface area contributed by atoms with Crippen LogP contribution in [0.15, 0.2) is 18.2 Å². The van der Waals surface area contributed by atoms with E-state index in [0.717, 1.165) is 18.5 Å². The fourth-order valence-corrected chi connectivity index (χ4v) is 3.82. The Morgan fingerprint density at radius 3 is 2.15 bits per heavy atom. The third kappa shape index (κ3) is 3.70. The molecule has 3 atom stereocenters. The Morgan fingerprint density at radius 2 is 1.65 bits per heavy atom. The molecule has 1 aromatic rings. The van der Waals surface area contributed by atoms with Gasteiger partial charge < -0.3 is 14.4 Å². The van der Waals surface area contributed by atoms with Gasteiger partial charge in [0.15, 0.2) is 0 Å². The van der Waals surface area contributed by atoms with Crippen molar-refractivity contribution in [2.75, 3.05) is 34.9 Å². The van der Waals surface area contributed by atoms with Gasteiger partial charge in [-0.2, -0.15) is 0 Å². The summed E-state index contributed by atoms with van der Waals surface area (Å²) in [4.78, 5) is 27.4. The first-order valence-electron chi connectivity index (χ1n) is 8.99. The molecule has 2 rings (SSSR count). The lowest BCUT2D eigenvalue weighted by Crippen LogP contribution is -2.59. The topological polar surface area (TPSA) is 67.9 Å². The van der Waals surface area contributed by atoms with E-state index in [-0.39, 0.29) is 23.7 Å². The summed E-state index contributed by atoms with van der Waals surface area (Å²) in [5.41, 5.74) is 0.0299. The summed E-state index contributed by atoms with van der Waals surface area (Å²) in [5, 5.41) is 2.59. The van der Waals surface area contributed by atoms with Crippen LogP contribution < -0.4 is 14.8 Å². The molecule has 26 heavy (non-hydrogen) atoms. The van der Waals surface area contributed by atoms with Gasteiger partial charge >= 0.3 is 0 Å². The van der Waals surface area contributed by atoms with Crippen molar-refractivity contribution in [2.24, 2.45) is 11.8 Å². The van der Waals surface area contributed by atoms with Crippen LogP contribution in [0.4, 0.5) is 0 Å². The minimum absolute atomic E-state index is 0.136. The third-order valence-corrected chi connectivity index (χ3v) is 5.63. The van der Waals surface area contributed by atoms with E-state index in [4.69, 9.17) is 9.47 Å². The van der Waals surface area contributed by atoms with E-state index in [2.05, 4.69) is 10.2 Å². The number of nitrogens with one attached hydrogen (secondary N) is 1. The molecular formula is C20H30N2O4. The largest absolute Gasteiger partial charge is 0.497 e. The van der Waals surface area contributed by atoms with Crippen LogP contribution in [0.3, 0.4) is 0 Å². The number of piperidine rings is 1. The second-order valence-corrected chi connectivity index (χ2v) is 7.38. The molecular weight excluding hydrogens is 332 g/mol. The van der Waals surface area contributed by atoms with Gasteiger partial charge in [0.2, 0.25) is 11.8 Å². The van der Waals surface area contributed by atoms with Crippen LogP contribution in [-0.4, -0.2) is 51.6 Å². The van der Waals surface area contributed by atoms with Crippen molar-refractivity contribution >= 4 is 11.8 Å². The number of nitrogens with zero attached hydrogens (tertiary/aromatic N) is 1. The molecule has 0 radical (unpaired) electrons. The summed E-state index contributed by atoms with van der Waals surface area (Å²) in [7, 11) is 7.21. The minimum atomic E-state index is -0.800. The number of hydrogen-bond donors (Lipinski definition) is 1. The van der Waals surface area contributed by atoms with Gasteiger partial charge in [-0.25, -0.2) is 0 Å². The van der Waals surface area contributed by atoms with E-state index in [1.165, 1.54) is 0 Å². The molecule has 144 valence electrons. The van der Waals surface area contributed by atoms with Crippen molar-refractivity contribution in [3.8, 4) is 11.5 Å². The van der Waals surface area contributed by atoms with E-state index in [0.29, 0.717) is 17.9 Å². The molecule has 1 aliphatic heterocycles. The van der Waals surface area contributed by atoms with Gasteiger partial charge in [-0.15, -0.1) is 0 Å². The fraction of sp³-hybridized carbons (Fsp3) is 0.600. The highest BCUT2D eigenvalue weighted by Crippen LogP contribution is 2.45. The zero-order valence-corrected chi connectivity index (χ0v) is 16.6. The number of hydrogen-bond acceptors (Lipinski definition) is 5. The predicted molar refractivity (Wildman–Crippen MR) is 100 cm³/mol. The second-order valence-electron chi connectivity index (χ2n) is 7.38. The lowest BCUT2D eigenvalue weighted by Gasteiger charge is -2.44. The van der Waals surface area contributed by atoms with E-state index in [1.807, 2.05) is 40.1 Å². The maximum atomic E-state index is 13.1. The van der Waals surface area contributed by atoms with Gasteiger partial charge in [-0.05, 0) is 57.1 Å². The van der Waals surface area contributed by atoms with Crippen LogP contribution in [0.1, 0.15) is 32.3 Å². The highest BCUT2D eigenvalue weighted by atomic mass is 16.5. The molecule has 1 N–H and O–H groups in total. The van der Waals surface area contributed by atoms with Gasteiger partial charge in [0.05, 0.1) is 19.6 Å². The molecule has 0 aliphatic carbocycles. The van der Waals surface area contributed by atoms with Crippen molar-refractivity contribution in [1.82, 2.24) is 10.2 Å². The summed E-state index contributed by atoms with van der Waals surface area (Å²) >= 11 is 0. The number of methoxy groups -OCH3 is 2. The van der Waals surface area contributed by atoms with Crippen LogP contribution in [0.5, 0.6) is 11.5 Å². The van der Waals surface area contributed by atoms with Gasteiger partial charge in [0.1, 0.15) is 11.5 Å². The molecule has 6 heteroatoms. The number of imide groups is 1. The SMILES string of the molecule is COc1cc(OC)cc(C2(CCCN(C)C)C(=O)NC(=O)C(C)C2C)c1. The Hall–Kier alpha value is -2.08. The average Bonchev–Trinajstić information content (AvgIpc) is 2.62. The number of amides is 2. The smallest absolute Gasteiger partial charge is 0.237 e. The van der Waals surface area contributed by atoms with Crippen LogP contribution >= 0.6 is 0 Å². The number of carbonyl (C=O) groups excluding carboxylic acids is 2. The lowest BCUT2D eigenvalue weighted by molar-refractivity contribution is -0.145. The van der Waals surface area contributed by atoms with E-state index < -0.39 is 5.41 Å². The molecule has 1 fully saturated rings. The Morgan fingerprint density at radius 1 is 1.08 bits per heavy atom. The monoisotopic (exact) mass is 362 g/mol. The van der Waals surface area contributed by atoms with E-state index in [1.54, 1.807) is 20.3 Å². The molecule has 1 saturated heterocycles. The van der Waals surface area contributed by atoms with Crippen LogP contribution in [0, 0.1) is 11.8 Å². The van der Waals surface area contributed by atoms with Gasteiger partial charge in [-0.3, -0.25) is 14.9 Å². The molecule has 2 amide bonds. The highest BCUT2D eigenvalue weighted by molar-refractivity contribution is 6.04. The first-order valence-corrected chi connectivity index (χ1v) is 8.99. The van der Waals surface area contributed by atoms with Gasteiger partial charge in [0.25, 0.3) is 0 Å². The van der Waals surface area contributed by atoms with Gasteiger partial charge in [-0.1, -0.05) is 13.8 Å². The quantitative estimate of drug-likeness (QED) is 0.753. The maximum Gasteiger partial charge on any atom is 0.237 e. The first-order chi connectivity index (χ1) is 12.3. The molecule has 0 saturated carbocycles. The molecule has 0 bridgehead atoms. The van der Waals surface area contributed by atoms with Gasteiger partial charge in [0, 0.05) is 12.0 Å². The normalized spacial score (nSPS) is 26.0. The molecule has 1 aliphatic rings. The zero-order valence-electron chi connectivity index (χ0n) is 16.6. The summed E-state index contributed by atoms with van der Waals surface area (Å²) in [6.07, 6.45) is 1.48. The Balaban J connectivity index is 2.57. The summed E-state index contributed by atoms with van der Waals surface area (Å²) < 4.78 is 10.8. The van der Waals surface area contributed by atoms with Crippen molar-refractivity contribution in [3.63, 3.8) is 0 Å². The van der Waals surface area contributed by atoms with E-state index in [9.17, 15) is 9.59 Å². The lowest BCUT2D eigenvalue weighted by atomic mass is 9.61. The standard InChI is InChI=1S/C20H30N2O4/c1-13-14(2)20(8-7-9-22(3)4,19(24)21-18(13)23)15-10-16(25-5)12-17(11-15)26-6/h10-14H,7-9H2,1-6H3,(H,21,23,24). The highest BCUT2D eigenvalue weighted by Gasteiger charge is 2.52. The number of rotatable bonds is 7. The molecule has 0 aromatic heterocycles. The Labute approximate surface area is 155 Å². The zero-order chi connectivity index (χ0) is 19.5. The second kappa shape index (κ2) is 8.08. The molecule has 3 unspecified atom stereocenters. The molecule has 1 aromatic carbocycles. The van der Waals surface area contributed by atoms with Crippen LogP contribution in [-0.2, 0) is 15.0 Å². The van der Waals surface area contributed by atoms with Crippen molar-refractivity contribution < 1.29 is 19.1 Å². The predicted octanol–water partition coefficient (Wildman–Crippen LogP) is 2.21.